The van der Waals surface area contributed by atoms with Crippen LogP contribution in [0.4, 0.5) is 0 Å². The number of aromatic amines is 1. The van der Waals surface area contributed by atoms with Crippen molar-refractivity contribution in [3.63, 3.8) is 0 Å². The highest BCUT2D eigenvalue weighted by Gasteiger charge is 2.22. The lowest BCUT2D eigenvalue weighted by Crippen LogP contribution is -2.38. The molecule has 1 atom stereocenters. The highest BCUT2D eigenvalue weighted by molar-refractivity contribution is 7.71. The average Bonchev–Trinajstić information content (AvgIpc) is 2.81. The van der Waals surface area contributed by atoms with Crippen molar-refractivity contribution in [3.8, 4) is 11.4 Å². The van der Waals surface area contributed by atoms with Crippen LogP contribution >= 0.6 is 12.2 Å². The molecule has 1 aliphatic rings. The van der Waals surface area contributed by atoms with Gasteiger partial charge in [0.05, 0.1) is 0 Å². The molecule has 1 N–H and O–H groups in total. The molecular formula is C19H26N4OS. The molecule has 1 aliphatic heterocycles. The van der Waals surface area contributed by atoms with E-state index < -0.39 is 0 Å². The molecule has 1 saturated heterocycles. The van der Waals surface area contributed by atoms with Gasteiger partial charge in [0.25, 0.3) is 0 Å². The Morgan fingerprint density at radius 2 is 2.20 bits per heavy atom. The van der Waals surface area contributed by atoms with Gasteiger partial charge in [-0.05, 0) is 45.0 Å². The average molecular weight is 359 g/mol. The normalized spacial score (nSPS) is 18.2. The van der Waals surface area contributed by atoms with Crippen LogP contribution in [0.5, 0.6) is 0 Å². The number of H-pyrrole nitrogens is 1. The summed E-state index contributed by atoms with van der Waals surface area (Å²) >= 11 is 5.38. The number of nitrogens with one attached hydrogen (secondary N) is 1. The van der Waals surface area contributed by atoms with Gasteiger partial charge in [-0.3, -0.25) is 14.5 Å². The van der Waals surface area contributed by atoms with Crippen LogP contribution in [0.25, 0.3) is 11.4 Å². The predicted molar refractivity (Wildman–Crippen MR) is 102 cm³/mol. The third-order valence-electron chi connectivity index (χ3n) is 4.96. The number of likely N-dealkylation sites (tertiary alicyclic amines) is 1. The number of amides is 1. The van der Waals surface area contributed by atoms with Crippen LogP contribution in [0.3, 0.4) is 0 Å². The maximum Gasteiger partial charge on any atom is 0.224 e. The lowest BCUT2D eigenvalue weighted by Gasteiger charge is -2.27. The third-order valence-corrected chi connectivity index (χ3v) is 5.27. The second-order valence-corrected chi connectivity index (χ2v) is 7.30. The summed E-state index contributed by atoms with van der Waals surface area (Å²) in [5.74, 6) is 1.01. The number of hydrogen-bond acceptors (Lipinski definition) is 3. The van der Waals surface area contributed by atoms with Crippen molar-refractivity contribution in [2.45, 2.75) is 58.5 Å². The number of benzene rings is 1. The van der Waals surface area contributed by atoms with Gasteiger partial charge in [-0.1, -0.05) is 36.6 Å². The Hall–Kier alpha value is -1.95. The SMILES string of the molecule is Cc1cccc(-c2n[nH]c(=S)n2CCC(=O)N2CCCCC[C@H]2C)c1. The maximum absolute atomic E-state index is 12.7. The van der Waals surface area contributed by atoms with Crippen molar-refractivity contribution in [2.24, 2.45) is 0 Å². The van der Waals surface area contributed by atoms with E-state index >= 15 is 0 Å². The zero-order chi connectivity index (χ0) is 17.8. The number of carbonyl (C=O) groups is 1. The number of nitrogens with zero attached hydrogens (tertiary/aromatic N) is 3. The first-order chi connectivity index (χ1) is 12.1. The lowest BCUT2D eigenvalue weighted by atomic mass is 10.1. The molecule has 134 valence electrons. The maximum atomic E-state index is 12.7. The standard InChI is InChI=1S/C19H26N4OS/c1-14-7-6-9-16(13-14)18-20-21-19(25)23(18)12-10-17(24)22-11-5-3-4-8-15(22)2/h6-7,9,13,15H,3-5,8,10-12H2,1-2H3,(H,21,25)/t15-/m1/s1. The minimum Gasteiger partial charge on any atom is -0.340 e. The summed E-state index contributed by atoms with van der Waals surface area (Å²) in [6.07, 6.45) is 5.10. The van der Waals surface area contributed by atoms with Crippen molar-refractivity contribution in [2.75, 3.05) is 6.54 Å². The van der Waals surface area contributed by atoms with Crippen LogP contribution in [0.1, 0.15) is 44.6 Å². The van der Waals surface area contributed by atoms with Gasteiger partial charge >= 0.3 is 0 Å². The number of hydrogen-bond donors (Lipinski definition) is 1. The highest BCUT2D eigenvalue weighted by Crippen LogP contribution is 2.20. The zero-order valence-corrected chi connectivity index (χ0v) is 15.8. The van der Waals surface area contributed by atoms with Crippen molar-refractivity contribution < 1.29 is 4.79 Å². The first kappa shape index (κ1) is 17.9. The van der Waals surface area contributed by atoms with E-state index in [4.69, 9.17) is 12.2 Å². The highest BCUT2D eigenvalue weighted by atomic mass is 32.1. The van der Waals surface area contributed by atoms with Crippen LogP contribution in [0.15, 0.2) is 24.3 Å². The molecule has 1 aromatic carbocycles. The Bertz CT molecular complexity index is 795. The molecule has 0 bridgehead atoms. The fraction of sp³-hybridized carbons (Fsp3) is 0.526. The van der Waals surface area contributed by atoms with Gasteiger partial charge in [0.15, 0.2) is 10.6 Å². The minimum atomic E-state index is 0.215. The molecule has 1 amide bonds. The molecule has 1 aromatic heterocycles. The van der Waals surface area contributed by atoms with E-state index in [1.807, 2.05) is 21.6 Å². The fourth-order valence-electron chi connectivity index (χ4n) is 3.53. The predicted octanol–water partition coefficient (Wildman–Crippen LogP) is 4.10. The van der Waals surface area contributed by atoms with Gasteiger partial charge in [0.1, 0.15) is 0 Å². The van der Waals surface area contributed by atoms with E-state index in [-0.39, 0.29) is 5.91 Å². The Morgan fingerprint density at radius 3 is 3.00 bits per heavy atom. The largest absolute Gasteiger partial charge is 0.340 e. The topological polar surface area (TPSA) is 53.9 Å². The van der Waals surface area contributed by atoms with E-state index in [0.717, 1.165) is 30.8 Å². The summed E-state index contributed by atoms with van der Waals surface area (Å²) in [4.78, 5) is 14.8. The van der Waals surface area contributed by atoms with E-state index in [2.05, 4.69) is 36.2 Å². The summed E-state index contributed by atoms with van der Waals surface area (Å²) in [5.41, 5.74) is 2.19. The van der Waals surface area contributed by atoms with Gasteiger partial charge in [-0.25, -0.2) is 0 Å². The fourth-order valence-corrected chi connectivity index (χ4v) is 3.75. The molecule has 0 unspecified atom stereocenters. The van der Waals surface area contributed by atoms with Crippen LogP contribution in [0.2, 0.25) is 0 Å². The van der Waals surface area contributed by atoms with Crippen LogP contribution in [-0.4, -0.2) is 38.2 Å². The van der Waals surface area contributed by atoms with Crippen molar-refractivity contribution in [3.05, 3.63) is 34.6 Å². The summed E-state index contributed by atoms with van der Waals surface area (Å²) < 4.78 is 2.50. The van der Waals surface area contributed by atoms with Gasteiger partial charge in [0.2, 0.25) is 5.91 Å². The van der Waals surface area contributed by atoms with E-state index in [1.165, 1.54) is 18.4 Å². The third kappa shape index (κ3) is 4.18. The van der Waals surface area contributed by atoms with Crippen molar-refractivity contribution in [1.82, 2.24) is 19.7 Å². The molecule has 25 heavy (non-hydrogen) atoms. The summed E-state index contributed by atoms with van der Waals surface area (Å²) in [6.45, 7) is 5.65. The van der Waals surface area contributed by atoms with Crippen LogP contribution < -0.4 is 0 Å². The van der Waals surface area contributed by atoms with E-state index in [9.17, 15) is 4.79 Å². The molecule has 0 aliphatic carbocycles. The smallest absolute Gasteiger partial charge is 0.224 e. The van der Waals surface area contributed by atoms with Crippen LogP contribution in [0, 0.1) is 11.7 Å². The molecule has 0 spiro atoms. The summed E-state index contributed by atoms with van der Waals surface area (Å²) in [7, 11) is 0. The van der Waals surface area contributed by atoms with E-state index in [0.29, 0.717) is 23.8 Å². The van der Waals surface area contributed by atoms with Gasteiger partial charge in [-0.15, -0.1) is 0 Å². The molecule has 3 rings (SSSR count). The van der Waals surface area contributed by atoms with Gasteiger partial charge < -0.3 is 4.90 Å². The van der Waals surface area contributed by atoms with Crippen molar-refractivity contribution >= 4 is 18.1 Å². The summed E-state index contributed by atoms with van der Waals surface area (Å²) in [5, 5.41) is 7.24. The first-order valence-electron chi connectivity index (χ1n) is 9.08. The van der Waals surface area contributed by atoms with Crippen LogP contribution in [-0.2, 0) is 11.3 Å². The monoisotopic (exact) mass is 358 g/mol. The Morgan fingerprint density at radius 1 is 1.36 bits per heavy atom. The molecule has 2 heterocycles. The first-order valence-corrected chi connectivity index (χ1v) is 9.49. The minimum absolute atomic E-state index is 0.215. The molecule has 6 heteroatoms. The molecular weight excluding hydrogens is 332 g/mol. The number of rotatable bonds is 4. The Balaban J connectivity index is 1.74. The molecule has 1 fully saturated rings. The molecule has 0 radical (unpaired) electrons. The van der Waals surface area contributed by atoms with Gasteiger partial charge in [0, 0.05) is 31.1 Å². The van der Waals surface area contributed by atoms with Crippen molar-refractivity contribution in [1.29, 1.82) is 0 Å². The lowest BCUT2D eigenvalue weighted by molar-refractivity contribution is -0.133. The van der Waals surface area contributed by atoms with E-state index in [1.54, 1.807) is 0 Å². The second kappa shape index (κ2) is 7.95. The second-order valence-electron chi connectivity index (χ2n) is 6.91. The molecule has 2 aromatic rings. The van der Waals surface area contributed by atoms with Gasteiger partial charge in [-0.2, -0.15) is 5.10 Å². The Labute approximate surface area is 154 Å². The Kier molecular flexibility index (Phi) is 5.68. The molecule has 0 saturated carbocycles. The zero-order valence-electron chi connectivity index (χ0n) is 15.0. The number of aromatic nitrogens is 3. The quantitative estimate of drug-likeness (QED) is 0.837. The summed E-state index contributed by atoms with van der Waals surface area (Å²) in [6, 6.07) is 8.51. The number of carbonyl (C=O) groups excluding carboxylic acids is 1. The number of aryl methyl sites for hydroxylation is 1. The molecule has 5 nitrogen and oxygen atoms in total.